The van der Waals surface area contributed by atoms with Crippen LogP contribution in [0.25, 0.3) is 11.1 Å². The second kappa shape index (κ2) is 13.6. The maximum Gasteiger partial charge on any atom is 0.337 e. The van der Waals surface area contributed by atoms with Crippen LogP contribution < -0.4 is 4.74 Å². The summed E-state index contributed by atoms with van der Waals surface area (Å²) in [6, 6.07) is 12.9. The summed E-state index contributed by atoms with van der Waals surface area (Å²) in [6.45, 7) is -3.95. The van der Waals surface area contributed by atoms with Crippen LogP contribution in [0.15, 0.2) is 48.5 Å². The van der Waals surface area contributed by atoms with Crippen LogP contribution in [-0.4, -0.2) is 74.3 Å². The first-order chi connectivity index (χ1) is 21.1. The largest absolute Gasteiger partial charge is 0.465 e. The molecule has 0 saturated carbocycles. The molecule has 214 valence electrons. The molecule has 1 aliphatic heterocycles. The van der Waals surface area contributed by atoms with Gasteiger partial charge in [0.25, 0.3) is 0 Å². The summed E-state index contributed by atoms with van der Waals surface area (Å²) in [7, 11) is 1.25. The molecule has 0 N–H and O–H groups in total. The van der Waals surface area contributed by atoms with Crippen LogP contribution in [0, 0.1) is 0 Å². The van der Waals surface area contributed by atoms with Gasteiger partial charge in [-0.2, -0.15) is 0 Å². The molecule has 0 radical (unpaired) electrons. The van der Waals surface area contributed by atoms with Crippen LogP contribution in [0.4, 0.5) is 0 Å². The van der Waals surface area contributed by atoms with Crippen LogP contribution in [0.2, 0.25) is 0 Å². The minimum Gasteiger partial charge on any atom is -0.465 e. The number of ether oxygens (including phenoxy) is 7. The third-order valence-corrected chi connectivity index (χ3v) is 5.55. The topological polar surface area (TPSA) is 150 Å². The van der Waals surface area contributed by atoms with Gasteiger partial charge in [-0.15, -0.1) is 0 Å². The van der Waals surface area contributed by atoms with Gasteiger partial charge in [0, 0.05) is 38.6 Å². The SMILES string of the molecule is [2H]CC(=O)OC[C@H]1OC(Oc2ccccc2-c2ccc(C(=O)OC)cc2)[C@@H](OC(=O)C[2H])[C@@H](OC(=O)C[2H])[C@@H]1OC(=O)C[2H]. The van der Waals surface area contributed by atoms with Gasteiger partial charge < -0.3 is 33.2 Å². The third-order valence-electron chi connectivity index (χ3n) is 5.55. The fourth-order valence-electron chi connectivity index (χ4n) is 3.98. The van der Waals surface area contributed by atoms with E-state index in [1.54, 1.807) is 36.4 Å². The fraction of sp³-hybridized carbons (Fsp3) is 0.393. The Labute approximate surface area is 236 Å². The lowest BCUT2D eigenvalue weighted by Crippen LogP contribution is -2.63. The zero-order chi connectivity index (χ0) is 32.2. The number of carbonyl (C=O) groups excluding carboxylic acids is 5. The molecule has 1 heterocycles. The van der Waals surface area contributed by atoms with E-state index in [1.165, 1.54) is 19.2 Å². The number of hydrogen-bond donors (Lipinski definition) is 0. The molecule has 0 bridgehead atoms. The number of hydrogen-bond acceptors (Lipinski definition) is 12. The summed E-state index contributed by atoms with van der Waals surface area (Å²) in [6.07, 6.45) is -8.04. The zero-order valence-corrected chi connectivity index (χ0v) is 21.4. The molecule has 0 aliphatic carbocycles. The molecule has 1 saturated heterocycles. The van der Waals surface area contributed by atoms with Crippen molar-refractivity contribution in [3.8, 4) is 16.9 Å². The molecule has 3 rings (SSSR count). The molecular weight excluding hydrogens is 528 g/mol. The van der Waals surface area contributed by atoms with E-state index in [9.17, 15) is 24.0 Å². The Morgan fingerprint density at radius 3 is 2.00 bits per heavy atom. The lowest BCUT2D eigenvalue weighted by molar-refractivity contribution is -0.288. The van der Waals surface area contributed by atoms with Crippen LogP contribution in [0.1, 0.15) is 43.4 Å². The summed E-state index contributed by atoms with van der Waals surface area (Å²) < 4.78 is 67.3. The van der Waals surface area contributed by atoms with Gasteiger partial charge >= 0.3 is 29.8 Å². The Bertz CT molecular complexity index is 1320. The highest BCUT2D eigenvalue weighted by Crippen LogP contribution is 2.35. The van der Waals surface area contributed by atoms with Gasteiger partial charge in [-0.05, 0) is 23.8 Å². The minimum absolute atomic E-state index is 0.157. The quantitative estimate of drug-likeness (QED) is 0.326. The maximum atomic E-state index is 12.3. The van der Waals surface area contributed by atoms with E-state index < -0.39 is 94.8 Å². The van der Waals surface area contributed by atoms with Crippen molar-refractivity contribution in [3.05, 3.63) is 54.1 Å². The van der Waals surface area contributed by atoms with Crippen molar-refractivity contribution in [2.24, 2.45) is 0 Å². The summed E-state index contributed by atoms with van der Waals surface area (Å²) >= 11 is 0. The Morgan fingerprint density at radius 1 is 0.775 bits per heavy atom. The molecule has 12 nitrogen and oxygen atoms in total. The zero-order valence-electron chi connectivity index (χ0n) is 25.4. The first-order valence-corrected chi connectivity index (χ1v) is 11.7. The van der Waals surface area contributed by atoms with Gasteiger partial charge in [-0.3, -0.25) is 19.2 Å². The summed E-state index contributed by atoms with van der Waals surface area (Å²) in [4.78, 5) is 60.5. The van der Waals surface area contributed by atoms with Gasteiger partial charge in [0.05, 0.1) is 12.7 Å². The second-order valence-corrected chi connectivity index (χ2v) is 8.27. The average molecular weight is 563 g/mol. The minimum atomic E-state index is -1.69. The molecule has 12 heteroatoms. The van der Waals surface area contributed by atoms with Crippen LogP contribution in [-0.2, 0) is 47.6 Å². The Balaban J connectivity index is 2.07. The van der Waals surface area contributed by atoms with E-state index in [0.29, 0.717) is 16.7 Å². The first-order valence-electron chi connectivity index (χ1n) is 14.5. The van der Waals surface area contributed by atoms with Crippen molar-refractivity contribution in [1.29, 1.82) is 0 Å². The van der Waals surface area contributed by atoms with Crippen molar-refractivity contribution < 1.29 is 62.6 Å². The standard InChI is InChI=1S/C28H30O12/c1-15(29)35-14-23-24(36-16(2)30)25(37-17(3)31)26(38-18(4)32)28(40-23)39-22-9-7-6-8-21(22)19-10-12-20(13-11-19)27(33)34-5/h6-13,23-26,28H,14H2,1-5H3/t23-,24-,25+,26+,28?/m1/s1/i1D,2D,3D,4D. The van der Waals surface area contributed by atoms with E-state index >= 15 is 0 Å². The van der Waals surface area contributed by atoms with Crippen LogP contribution >= 0.6 is 0 Å². The normalized spacial score (nSPS) is 23.2. The predicted molar refractivity (Wildman–Crippen MR) is 136 cm³/mol. The number of benzene rings is 2. The highest BCUT2D eigenvalue weighted by Gasteiger charge is 2.53. The summed E-state index contributed by atoms with van der Waals surface area (Å²) in [5.41, 5.74) is 1.37. The van der Waals surface area contributed by atoms with E-state index in [2.05, 4.69) is 0 Å². The molecule has 40 heavy (non-hydrogen) atoms. The molecule has 1 fully saturated rings. The third kappa shape index (κ3) is 7.79. The highest BCUT2D eigenvalue weighted by molar-refractivity contribution is 5.90. The summed E-state index contributed by atoms with van der Waals surface area (Å²) in [5, 5.41) is 0. The number of carbonyl (C=O) groups is 5. The van der Waals surface area contributed by atoms with Gasteiger partial charge in [0.15, 0.2) is 12.2 Å². The van der Waals surface area contributed by atoms with E-state index in [4.69, 9.17) is 38.6 Å². The lowest BCUT2D eigenvalue weighted by atomic mass is 9.97. The van der Waals surface area contributed by atoms with Crippen LogP contribution in [0.5, 0.6) is 5.75 Å². The molecule has 0 amide bonds. The molecule has 2 aromatic carbocycles. The van der Waals surface area contributed by atoms with Crippen molar-refractivity contribution in [3.63, 3.8) is 0 Å². The van der Waals surface area contributed by atoms with Crippen LogP contribution in [0.3, 0.4) is 0 Å². The smallest absolute Gasteiger partial charge is 0.337 e. The Morgan fingerprint density at radius 2 is 1.38 bits per heavy atom. The lowest BCUT2D eigenvalue weighted by Gasteiger charge is -2.44. The highest BCUT2D eigenvalue weighted by atomic mass is 16.7. The molecular formula is C28H30O12. The van der Waals surface area contributed by atoms with Gasteiger partial charge in [-0.25, -0.2) is 4.79 Å². The Kier molecular flexibility index (Phi) is 8.33. The predicted octanol–water partition coefficient (Wildman–Crippen LogP) is 2.60. The number of esters is 5. The van der Waals surface area contributed by atoms with Gasteiger partial charge in [-0.1, -0.05) is 30.3 Å². The maximum absolute atomic E-state index is 12.3. The second-order valence-electron chi connectivity index (χ2n) is 8.27. The Hall–Kier alpha value is -4.45. The molecule has 0 spiro atoms. The molecule has 2 aromatic rings. The van der Waals surface area contributed by atoms with Crippen molar-refractivity contribution in [2.75, 3.05) is 13.7 Å². The molecule has 1 unspecified atom stereocenters. The number of para-hydroxylation sites is 1. The first kappa shape index (κ1) is 24.6. The fourth-order valence-corrected chi connectivity index (χ4v) is 3.98. The molecule has 0 aromatic heterocycles. The average Bonchev–Trinajstić information content (AvgIpc) is 3.05. The summed E-state index contributed by atoms with van der Waals surface area (Å²) in [5.74, 6) is -4.63. The van der Waals surface area contributed by atoms with Crippen molar-refractivity contribution >= 4 is 29.8 Å². The van der Waals surface area contributed by atoms with E-state index in [1.807, 2.05) is 0 Å². The number of methoxy groups -OCH3 is 1. The van der Waals surface area contributed by atoms with Crippen molar-refractivity contribution in [2.45, 2.75) is 58.3 Å². The van der Waals surface area contributed by atoms with Gasteiger partial charge in [0.1, 0.15) is 18.5 Å². The molecule has 5 atom stereocenters. The van der Waals surface area contributed by atoms with E-state index in [-0.39, 0.29) is 5.75 Å². The molecule has 1 aliphatic rings. The van der Waals surface area contributed by atoms with Crippen molar-refractivity contribution in [1.82, 2.24) is 0 Å². The van der Waals surface area contributed by atoms with E-state index in [0.717, 1.165) is 0 Å². The number of rotatable bonds is 9. The monoisotopic (exact) mass is 562 g/mol. The van der Waals surface area contributed by atoms with Gasteiger partial charge in [0.2, 0.25) is 12.4 Å².